The Balaban J connectivity index is 3.13. The van der Waals surface area contributed by atoms with E-state index in [1.54, 1.807) is 0 Å². The van der Waals surface area contributed by atoms with Gasteiger partial charge in [-0.25, -0.2) is 0 Å². The van der Waals surface area contributed by atoms with Crippen molar-refractivity contribution in [3.05, 3.63) is 43.0 Å². The number of rotatable bonds is 3. The SMILES string of the molecule is C#CP(=S)(CC=C)c1ccccc1. The molecule has 1 unspecified atom stereocenters. The summed E-state index contributed by atoms with van der Waals surface area (Å²) in [4.78, 5) is 0. The predicted molar refractivity (Wildman–Crippen MR) is 64.3 cm³/mol. The summed E-state index contributed by atoms with van der Waals surface area (Å²) < 4.78 is 0. The van der Waals surface area contributed by atoms with Crippen molar-refractivity contribution in [2.24, 2.45) is 0 Å². The van der Waals surface area contributed by atoms with Gasteiger partial charge in [0.2, 0.25) is 0 Å². The fourth-order valence-corrected chi connectivity index (χ4v) is 3.25. The second kappa shape index (κ2) is 4.42. The van der Waals surface area contributed by atoms with Crippen LogP contribution < -0.4 is 5.30 Å². The van der Waals surface area contributed by atoms with E-state index >= 15 is 0 Å². The van der Waals surface area contributed by atoms with E-state index in [1.807, 2.05) is 36.4 Å². The standard InChI is InChI=1S/C11H11PS/c1-3-10-12(13,4-2)11-8-6-5-7-9-11/h2-3,5-9H,1,10H2. The summed E-state index contributed by atoms with van der Waals surface area (Å²) in [5.41, 5.74) is 2.75. The number of allylic oxidation sites excluding steroid dienone is 1. The summed E-state index contributed by atoms with van der Waals surface area (Å²) in [6, 6.07) is 8.10. The van der Waals surface area contributed by atoms with E-state index in [0.29, 0.717) is 0 Å². The fourth-order valence-electron chi connectivity index (χ4n) is 1.08. The molecule has 1 rings (SSSR count). The van der Waals surface area contributed by atoms with E-state index in [1.165, 1.54) is 0 Å². The molecule has 0 aliphatic carbocycles. The van der Waals surface area contributed by atoms with Crippen LogP contribution in [0.5, 0.6) is 0 Å². The van der Waals surface area contributed by atoms with E-state index < -0.39 is 6.04 Å². The van der Waals surface area contributed by atoms with Crippen molar-refractivity contribution in [3.63, 3.8) is 0 Å². The van der Waals surface area contributed by atoms with Crippen molar-refractivity contribution < 1.29 is 0 Å². The van der Waals surface area contributed by atoms with Crippen molar-refractivity contribution in [3.8, 4) is 12.1 Å². The molecule has 0 nitrogen and oxygen atoms in total. The minimum Gasteiger partial charge on any atom is -0.114 e. The molecule has 0 radical (unpaired) electrons. The van der Waals surface area contributed by atoms with Gasteiger partial charge < -0.3 is 0 Å². The van der Waals surface area contributed by atoms with Crippen LogP contribution in [0, 0.1) is 12.1 Å². The molecule has 0 fully saturated rings. The van der Waals surface area contributed by atoms with Crippen molar-refractivity contribution in [1.29, 1.82) is 0 Å². The molecule has 0 spiro atoms. The summed E-state index contributed by atoms with van der Waals surface area (Å²) in [7, 11) is 0. The third-order valence-corrected chi connectivity index (χ3v) is 5.49. The van der Waals surface area contributed by atoms with E-state index in [0.717, 1.165) is 11.5 Å². The van der Waals surface area contributed by atoms with Crippen LogP contribution in [0.3, 0.4) is 0 Å². The highest BCUT2D eigenvalue weighted by Gasteiger charge is 2.13. The van der Waals surface area contributed by atoms with Gasteiger partial charge in [0.1, 0.15) is 0 Å². The highest BCUT2D eigenvalue weighted by Crippen LogP contribution is 2.42. The topological polar surface area (TPSA) is 0 Å². The van der Waals surface area contributed by atoms with E-state index in [4.69, 9.17) is 18.2 Å². The Bertz CT molecular complexity index is 373. The van der Waals surface area contributed by atoms with Gasteiger partial charge in [0.05, 0.1) is 6.04 Å². The first-order chi connectivity index (χ1) is 6.23. The molecule has 1 aromatic rings. The summed E-state index contributed by atoms with van der Waals surface area (Å²) in [5.74, 6) is 0. The molecule has 0 aromatic heterocycles. The predicted octanol–water partition coefficient (Wildman–Crippen LogP) is 2.57. The maximum Gasteiger partial charge on any atom is 0.0539 e. The van der Waals surface area contributed by atoms with Crippen LogP contribution in [0.2, 0.25) is 0 Å². The average Bonchev–Trinajstić information content (AvgIpc) is 2.19. The smallest absolute Gasteiger partial charge is 0.0539 e. The first-order valence-electron chi connectivity index (χ1n) is 3.96. The van der Waals surface area contributed by atoms with Gasteiger partial charge in [-0.1, -0.05) is 53.9 Å². The third-order valence-electron chi connectivity index (χ3n) is 1.77. The monoisotopic (exact) mass is 206 g/mol. The molecule has 0 saturated heterocycles. The highest BCUT2D eigenvalue weighted by molar-refractivity contribution is 8.20. The Kier molecular flexibility index (Phi) is 3.48. The minimum atomic E-state index is -1.81. The molecule has 13 heavy (non-hydrogen) atoms. The maximum absolute atomic E-state index is 5.47. The second-order valence-corrected chi connectivity index (χ2v) is 7.16. The quantitative estimate of drug-likeness (QED) is 0.416. The lowest BCUT2D eigenvalue weighted by atomic mass is 10.4. The van der Waals surface area contributed by atoms with Gasteiger partial charge in [-0.3, -0.25) is 0 Å². The van der Waals surface area contributed by atoms with Crippen LogP contribution in [-0.4, -0.2) is 6.16 Å². The molecule has 0 aliphatic heterocycles. The zero-order valence-electron chi connectivity index (χ0n) is 7.31. The Morgan fingerprint density at radius 1 is 1.46 bits per heavy atom. The Hall–Kier alpha value is -0.830. The van der Waals surface area contributed by atoms with Gasteiger partial charge in [-0.15, -0.1) is 13.0 Å². The molecule has 0 N–H and O–H groups in total. The van der Waals surface area contributed by atoms with E-state index in [-0.39, 0.29) is 0 Å². The summed E-state index contributed by atoms with van der Waals surface area (Å²) >= 11 is 5.47. The number of hydrogen-bond donors (Lipinski definition) is 0. The highest BCUT2D eigenvalue weighted by atomic mass is 32.4. The summed E-state index contributed by atoms with van der Waals surface area (Å²) in [5, 5.41) is 1.10. The van der Waals surface area contributed by atoms with Gasteiger partial charge in [0, 0.05) is 6.16 Å². The first kappa shape index (κ1) is 10.3. The Morgan fingerprint density at radius 3 is 2.54 bits per heavy atom. The Labute approximate surface area is 84.7 Å². The molecular weight excluding hydrogens is 195 g/mol. The zero-order valence-corrected chi connectivity index (χ0v) is 9.02. The van der Waals surface area contributed by atoms with Gasteiger partial charge >= 0.3 is 0 Å². The normalized spacial score (nSPS) is 14.1. The molecular formula is C11H11PS. The van der Waals surface area contributed by atoms with Crippen LogP contribution in [0.1, 0.15) is 0 Å². The maximum atomic E-state index is 5.47. The number of benzene rings is 1. The fraction of sp³-hybridized carbons (Fsp3) is 0.0909. The molecule has 1 aromatic carbocycles. The van der Waals surface area contributed by atoms with Crippen LogP contribution in [0.4, 0.5) is 0 Å². The third kappa shape index (κ3) is 2.31. The second-order valence-electron chi connectivity index (χ2n) is 2.68. The van der Waals surface area contributed by atoms with Crippen molar-refractivity contribution in [2.45, 2.75) is 0 Å². The minimum absolute atomic E-state index is 0.739. The van der Waals surface area contributed by atoms with Crippen molar-refractivity contribution >= 4 is 23.1 Å². The van der Waals surface area contributed by atoms with Crippen LogP contribution in [0.25, 0.3) is 0 Å². The largest absolute Gasteiger partial charge is 0.114 e. The van der Waals surface area contributed by atoms with E-state index in [9.17, 15) is 0 Å². The molecule has 66 valence electrons. The van der Waals surface area contributed by atoms with Crippen LogP contribution in [0.15, 0.2) is 43.0 Å². The molecule has 0 heterocycles. The summed E-state index contributed by atoms with van der Waals surface area (Å²) in [6.07, 6.45) is 8.02. The van der Waals surface area contributed by atoms with Crippen molar-refractivity contribution in [1.82, 2.24) is 0 Å². The van der Waals surface area contributed by atoms with E-state index in [2.05, 4.69) is 12.2 Å². The lowest BCUT2D eigenvalue weighted by Crippen LogP contribution is -2.03. The Morgan fingerprint density at radius 2 is 2.08 bits per heavy atom. The van der Waals surface area contributed by atoms with Gasteiger partial charge in [-0.2, -0.15) is 0 Å². The van der Waals surface area contributed by atoms with Gasteiger partial charge in [0.25, 0.3) is 0 Å². The van der Waals surface area contributed by atoms with Crippen molar-refractivity contribution in [2.75, 3.05) is 6.16 Å². The molecule has 0 amide bonds. The molecule has 0 aliphatic rings. The average molecular weight is 206 g/mol. The molecule has 0 bridgehead atoms. The lowest BCUT2D eigenvalue weighted by Gasteiger charge is -2.12. The zero-order chi connectivity index (χ0) is 9.73. The van der Waals surface area contributed by atoms with Gasteiger partial charge in [0.15, 0.2) is 0 Å². The lowest BCUT2D eigenvalue weighted by molar-refractivity contribution is 1.74. The molecule has 1 atom stereocenters. The van der Waals surface area contributed by atoms with Crippen LogP contribution in [-0.2, 0) is 11.8 Å². The van der Waals surface area contributed by atoms with Gasteiger partial charge in [-0.05, 0) is 5.30 Å². The first-order valence-corrected chi connectivity index (χ1v) is 6.95. The van der Waals surface area contributed by atoms with Crippen LogP contribution >= 0.6 is 6.04 Å². The summed E-state index contributed by atoms with van der Waals surface area (Å²) in [6.45, 7) is 3.68. The molecule has 2 heteroatoms. The number of terminal acetylenes is 1. The number of hydrogen-bond acceptors (Lipinski definition) is 1. The molecule has 0 saturated carbocycles.